The molecule has 2 rings (SSSR count). The zero-order valence-electron chi connectivity index (χ0n) is 10.8. The highest BCUT2D eigenvalue weighted by molar-refractivity contribution is 5.89. The molecule has 1 heterocycles. The van der Waals surface area contributed by atoms with Crippen LogP contribution in [0.25, 0.3) is 0 Å². The van der Waals surface area contributed by atoms with E-state index in [9.17, 15) is 4.79 Å². The van der Waals surface area contributed by atoms with E-state index in [2.05, 4.69) is 17.6 Å². The minimum atomic E-state index is -0.0477. The zero-order valence-corrected chi connectivity index (χ0v) is 10.8. The monoisotopic (exact) mass is 249 g/mol. The maximum absolute atomic E-state index is 12.0. The Kier molecular flexibility index (Phi) is 4.04. The van der Waals surface area contributed by atoms with Crippen molar-refractivity contribution in [1.29, 1.82) is 0 Å². The second-order valence-corrected chi connectivity index (χ2v) is 4.46. The van der Waals surface area contributed by atoms with E-state index < -0.39 is 0 Å². The van der Waals surface area contributed by atoms with Crippen molar-refractivity contribution in [2.75, 3.05) is 32.1 Å². The number of amides is 2. The molecule has 1 unspecified atom stereocenters. The van der Waals surface area contributed by atoms with Gasteiger partial charge in [0.1, 0.15) is 5.75 Å². The normalized spacial score (nSPS) is 19.4. The van der Waals surface area contributed by atoms with E-state index in [-0.39, 0.29) is 6.03 Å². The first kappa shape index (κ1) is 12.7. The molecular weight excluding hydrogens is 230 g/mol. The number of benzene rings is 1. The SMILES string of the molecule is COc1ccc(NC(=O)N2CCNC(C)C2)cc1. The molecular formula is C13H19N3O2. The number of hydrogen-bond acceptors (Lipinski definition) is 3. The van der Waals surface area contributed by atoms with Crippen LogP contribution in [0.5, 0.6) is 5.75 Å². The predicted octanol–water partition coefficient (Wildman–Crippen LogP) is 1.52. The fraction of sp³-hybridized carbons (Fsp3) is 0.462. The van der Waals surface area contributed by atoms with E-state index in [0.29, 0.717) is 6.04 Å². The summed E-state index contributed by atoms with van der Waals surface area (Å²) in [5.74, 6) is 0.781. The number of anilines is 1. The van der Waals surface area contributed by atoms with Gasteiger partial charge in [-0.05, 0) is 31.2 Å². The van der Waals surface area contributed by atoms with Gasteiger partial charge in [-0.2, -0.15) is 0 Å². The Hall–Kier alpha value is -1.75. The smallest absolute Gasteiger partial charge is 0.321 e. The fourth-order valence-corrected chi connectivity index (χ4v) is 1.99. The molecule has 2 N–H and O–H groups in total. The van der Waals surface area contributed by atoms with Crippen molar-refractivity contribution in [3.63, 3.8) is 0 Å². The highest BCUT2D eigenvalue weighted by atomic mass is 16.5. The number of urea groups is 1. The van der Waals surface area contributed by atoms with E-state index in [1.165, 1.54) is 0 Å². The third-order valence-electron chi connectivity index (χ3n) is 3.00. The Morgan fingerprint density at radius 2 is 2.17 bits per heavy atom. The average Bonchev–Trinajstić information content (AvgIpc) is 2.39. The molecule has 0 saturated carbocycles. The van der Waals surface area contributed by atoms with Crippen molar-refractivity contribution in [2.45, 2.75) is 13.0 Å². The van der Waals surface area contributed by atoms with Gasteiger partial charge in [-0.3, -0.25) is 0 Å². The van der Waals surface area contributed by atoms with Crippen LogP contribution in [0.15, 0.2) is 24.3 Å². The van der Waals surface area contributed by atoms with Gasteiger partial charge in [-0.25, -0.2) is 4.79 Å². The second-order valence-electron chi connectivity index (χ2n) is 4.46. The Morgan fingerprint density at radius 3 is 2.78 bits per heavy atom. The number of carbonyl (C=O) groups is 1. The molecule has 0 bridgehead atoms. The summed E-state index contributed by atoms with van der Waals surface area (Å²) < 4.78 is 5.07. The van der Waals surface area contributed by atoms with Crippen molar-refractivity contribution in [3.8, 4) is 5.75 Å². The molecule has 0 radical (unpaired) electrons. The lowest BCUT2D eigenvalue weighted by Gasteiger charge is -2.31. The van der Waals surface area contributed by atoms with Crippen molar-refractivity contribution < 1.29 is 9.53 Å². The second kappa shape index (κ2) is 5.73. The summed E-state index contributed by atoms with van der Waals surface area (Å²) in [5.41, 5.74) is 0.784. The Bertz CT molecular complexity index is 405. The molecule has 0 spiro atoms. The lowest BCUT2D eigenvalue weighted by atomic mass is 10.2. The molecule has 1 aliphatic heterocycles. The van der Waals surface area contributed by atoms with Crippen LogP contribution in [0.3, 0.4) is 0 Å². The lowest BCUT2D eigenvalue weighted by molar-refractivity contribution is 0.192. The van der Waals surface area contributed by atoms with Crippen molar-refractivity contribution in [1.82, 2.24) is 10.2 Å². The summed E-state index contributed by atoms with van der Waals surface area (Å²) in [6.07, 6.45) is 0. The molecule has 1 aliphatic rings. The average molecular weight is 249 g/mol. The number of methoxy groups -OCH3 is 1. The third-order valence-corrected chi connectivity index (χ3v) is 3.00. The van der Waals surface area contributed by atoms with Gasteiger partial charge in [-0.1, -0.05) is 0 Å². The van der Waals surface area contributed by atoms with Crippen LogP contribution in [-0.2, 0) is 0 Å². The molecule has 0 aliphatic carbocycles. The molecule has 0 aromatic heterocycles. The molecule has 2 amide bonds. The minimum Gasteiger partial charge on any atom is -0.497 e. The van der Waals surface area contributed by atoms with Gasteiger partial charge >= 0.3 is 6.03 Å². The zero-order chi connectivity index (χ0) is 13.0. The molecule has 1 aromatic rings. The topological polar surface area (TPSA) is 53.6 Å². The molecule has 5 heteroatoms. The molecule has 18 heavy (non-hydrogen) atoms. The molecule has 5 nitrogen and oxygen atoms in total. The van der Waals surface area contributed by atoms with Gasteiger partial charge in [-0.15, -0.1) is 0 Å². The van der Waals surface area contributed by atoms with E-state index in [0.717, 1.165) is 31.1 Å². The molecule has 1 atom stereocenters. The third kappa shape index (κ3) is 3.13. The largest absolute Gasteiger partial charge is 0.497 e. The van der Waals surface area contributed by atoms with Crippen LogP contribution >= 0.6 is 0 Å². The van der Waals surface area contributed by atoms with E-state index in [1.54, 1.807) is 7.11 Å². The summed E-state index contributed by atoms with van der Waals surface area (Å²) in [5, 5.41) is 6.19. The molecule has 1 saturated heterocycles. The standard InChI is InChI=1S/C13H19N3O2/c1-10-9-16(8-7-14-10)13(17)15-11-3-5-12(18-2)6-4-11/h3-6,10,14H,7-9H2,1-2H3,(H,15,17). The van der Waals surface area contributed by atoms with Gasteiger partial charge in [0.15, 0.2) is 0 Å². The van der Waals surface area contributed by atoms with Gasteiger partial charge in [0.05, 0.1) is 7.11 Å². The summed E-state index contributed by atoms with van der Waals surface area (Å²) in [6.45, 7) is 4.40. The van der Waals surface area contributed by atoms with Gasteiger partial charge < -0.3 is 20.3 Å². The number of carbonyl (C=O) groups excluding carboxylic acids is 1. The van der Waals surface area contributed by atoms with Crippen LogP contribution in [0.1, 0.15) is 6.92 Å². The Labute approximate surface area is 107 Å². The highest BCUT2D eigenvalue weighted by Gasteiger charge is 2.20. The Balaban J connectivity index is 1.93. The van der Waals surface area contributed by atoms with E-state index >= 15 is 0 Å². The summed E-state index contributed by atoms with van der Waals surface area (Å²) in [6, 6.07) is 7.63. The fourth-order valence-electron chi connectivity index (χ4n) is 1.99. The number of hydrogen-bond donors (Lipinski definition) is 2. The van der Waals surface area contributed by atoms with Crippen molar-refractivity contribution in [3.05, 3.63) is 24.3 Å². The minimum absolute atomic E-state index is 0.0477. The first-order valence-corrected chi connectivity index (χ1v) is 6.12. The van der Waals surface area contributed by atoms with Crippen molar-refractivity contribution in [2.24, 2.45) is 0 Å². The maximum atomic E-state index is 12.0. The van der Waals surface area contributed by atoms with Gasteiger partial charge in [0.25, 0.3) is 0 Å². The van der Waals surface area contributed by atoms with E-state index in [4.69, 9.17) is 4.74 Å². The van der Waals surface area contributed by atoms with Crippen LogP contribution in [0.4, 0.5) is 10.5 Å². The first-order valence-electron chi connectivity index (χ1n) is 6.12. The number of nitrogens with one attached hydrogen (secondary N) is 2. The number of piperazine rings is 1. The molecule has 98 valence electrons. The van der Waals surface area contributed by atoms with Gasteiger partial charge in [0.2, 0.25) is 0 Å². The first-order chi connectivity index (χ1) is 8.69. The maximum Gasteiger partial charge on any atom is 0.321 e. The van der Waals surface area contributed by atoms with Crippen LogP contribution < -0.4 is 15.4 Å². The number of ether oxygens (including phenoxy) is 1. The lowest BCUT2D eigenvalue weighted by Crippen LogP contribution is -2.52. The highest BCUT2D eigenvalue weighted by Crippen LogP contribution is 2.15. The number of nitrogens with zero attached hydrogens (tertiary/aromatic N) is 1. The molecule has 1 fully saturated rings. The Morgan fingerprint density at radius 1 is 1.44 bits per heavy atom. The summed E-state index contributed by atoms with van der Waals surface area (Å²) >= 11 is 0. The van der Waals surface area contributed by atoms with Gasteiger partial charge in [0, 0.05) is 31.4 Å². The van der Waals surface area contributed by atoms with Crippen LogP contribution in [0.2, 0.25) is 0 Å². The number of rotatable bonds is 2. The van der Waals surface area contributed by atoms with Crippen LogP contribution in [-0.4, -0.2) is 43.7 Å². The van der Waals surface area contributed by atoms with E-state index in [1.807, 2.05) is 29.2 Å². The molecule has 1 aromatic carbocycles. The predicted molar refractivity (Wildman–Crippen MR) is 71.1 cm³/mol. The summed E-state index contributed by atoms with van der Waals surface area (Å²) in [4.78, 5) is 13.8. The van der Waals surface area contributed by atoms with Crippen LogP contribution in [0, 0.1) is 0 Å². The summed E-state index contributed by atoms with van der Waals surface area (Å²) in [7, 11) is 1.62. The van der Waals surface area contributed by atoms with Crippen molar-refractivity contribution >= 4 is 11.7 Å². The quantitative estimate of drug-likeness (QED) is 0.835.